The van der Waals surface area contributed by atoms with Gasteiger partial charge in [0.1, 0.15) is 5.82 Å². The molecule has 18 heavy (non-hydrogen) atoms. The molecule has 0 saturated carbocycles. The molecule has 4 heteroatoms. The van der Waals surface area contributed by atoms with Gasteiger partial charge in [0.2, 0.25) is 0 Å². The van der Waals surface area contributed by atoms with Crippen molar-refractivity contribution >= 4 is 39.1 Å². The maximum absolute atomic E-state index is 13.2. The van der Waals surface area contributed by atoms with E-state index in [0.29, 0.717) is 10.6 Å². The molecule has 0 nitrogen and oxygen atoms in total. The smallest absolute Gasteiger partial charge is 0.126 e. The second kappa shape index (κ2) is 5.60. The molecule has 0 amide bonds. The van der Waals surface area contributed by atoms with Crippen molar-refractivity contribution in [1.29, 1.82) is 0 Å². The molecular weight excluding hydrogens is 338 g/mol. The van der Waals surface area contributed by atoms with Crippen LogP contribution in [0.1, 0.15) is 22.1 Å². The number of halogens is 4. The zero-order valence-corrected chi connectivity index (χ0v) is 12.7. The monoisotopic (exact) mass is 346 g/mol. The molecule has 1 unspecified atom stereocenters. The summed E-state index contributed by atoms with van der Waals surface area (Å²) >= 11 is 15.8. The molecule has 0 aromatic heterocycles. The molecule has 1 atom stereocenters. The SMILES string of the molecule is Cc1cc(C(Cl)c2ccc(Br)c(Cl)c2)ccc1F. The summed E-state index contributed by atoms with van der Waals surface area (Å²) in [6, 6.07) is 10.4. The van der Waals surface area contributed by atoms with E-state index in [1.165, 1.54) is 6.07 Å². The second-order valence-electron chi connectivity index (χ2n) is 4.04. The number of rotatable bonds is 2. The predicted molar refractivity (Wildman–Crippen MR) is 78.0 cm³/mol. The molecule has 0 aliphatic carbocycles. The third kappa shape index (κ3) is 2.87. The molecule has 0 saturated heterocycles. The van der Waals surface area contributed by atoms with Gasteiger partial charge in [-0.2, -0.15) is 0 Å². The minimum atomic E-state index is -0.338. The van der Waals surface area contributed by atoms with Crippen LogP contribution in [0.4, 0.5) is 4.39 Å². The highest BCUT2D eigenvalue weighted by Gasteiger charge is 2.13. The largest absolute Gasteiger partial charge is 0.207 e. The van der Waals surface area contributed by atoms with Crippen LogP contribution in [0.2, 0.25) is 5.02 Å². The van der Waals surface area contributed by atoms with E-state index in [9.17, 15) is 4.39 Å². The highest BCUT2D eigenvalue weighted by atomic mass is 79.9. The average Bonchev–Trinajstić information content (AvgIpc) is 2.35. The first-order valence-corrected chi connectivity index (χ1v) is 6.95. The van der Waals surface area contributed by atoms with Crippen LogP contribution in [0.15, 0.2) is 40.9 Å². The van der Waals surface area contributed by atoms with Crippen molar-refractivity contribution < 1.29 is 4.39 Å². The van der Waals surface area contributed by atoms with Crippen molar-refractivity contribution in [3.8, 4) is 0 Å². The van der Waals surface area contributed by atoms with E-state index in [1.54, 1.807) is 19.1 Å². The third-order valence-corrected chi connectivity index (χ3v) is 4.45. The Balaban J connectivity index is 2.37. The van der Waals surface area contributed by atoms with Crippen molar-refractivity contribution in [1.82, 2.24) is 0 Å². The summed E-state index contributed by atoms with van der Waals surface area (Å²) in [5.41, 5.74) is 2.33. The molecule has 0 aliphatic rings. The van der Waals surface area contributed by atoms with Crippen LogP contribution in [-0.2, 0) is 0 Å². The van der Waals surface area contributed by atoms with Crippen LogP contribution in [0, 0.1) is 12.7 Å². The molecule has 2 aromatic carbocycles. The van der Waals surface area contributed by atoms with Gasteiger partial charge < -0.3 is 0 Å². The predicted octanol–water partition coefficient (Wildman–Crippen LogP) is 5.88. The van der Waals surface area contributed by atoms with Crippen molar-refractivity contribution in [2.24, 2.45) is 0 Å². The summed E-state index contributed by atoms with van der Waals surface area (Å²) in [5.74, 6) is -0.226. The highest BCUT2D eigenvalue weighted by Crippen LogP contribution is 2.33. The Morgan fingerprint density at radius 3 is 2.33 bits per heavy atom. The van der Waals surface area contributed by atoms with Crippen molar-refractivity contribution in [3.63, 3.8) is 0 Å². The molecule has 0 N–H and O–H groups in total. The molecule has 0 spiro atoms. The number of benzene rings is 2. The van der Waals surface area contributed by atoms with E-state index < -0.39 is 0 Å². The maximum Gasteiger partial charge on any atom is 0.126 e. The molecule has 94 valence electrons. The fraction of sp³-hybridized carbons (Fsp3) is 0.143. The Morgan fingerprint density at radius 1 is 1.11 bits per heavy atom. The van der Waals surface area contributed by atoms with Gasteiger partial charge in [0.15, 0.2) is 0 Å². The topological polar surface area (TPSA) is 0 Å². The van der Waals surface area contributed by atoms with Gasteiger partial charge in [0.05, 0.1) is 10.4 Å². The van der Waals surface area contributed by atoms with Crippen molar-refractivity contribution in [3.05, 3.63) is 68.4 Å². The average molecular weight is 348 g/mol. The van der Waals surface area contributed by atoms with Gasteiger partial charge in [-0.15, -0.1) is 11.6 Å². The lowest BCUT2D eigenvalue weighted by molar-refractivity contribution is 0.617. The molecule has 0 heterocycles. The van der Waals surface area contributed by atoms with Crippen LogP contribution in [0.5, 0.6) is 0 Å². The highest BCUT2D eigenvalue weighted by molar-refractivity contribution is 9.10. The summed E-state index contributed by atoms with van der Waals surface area (Å²) in [6.07, 6.45) is 0. The van der Waals surface area contributed by atoms with Crippen LogP contribution in [-0.4, -0.2) is 0 Å². The molecule has 0 bridgehead atoms. The number of aryl methyl sites for hydroxylation is 1. The lowest BCUT2D eigenvalue weighted by Gasteiger charge is -2.12. The van der Waals surface area contributed by atoms with E-state index in [-0.39, 0.29) is 11.2 Å². The van der Waals surface area contributed by atoms with Gasteiger partial charge in [-0.1, -0.05) is 29.8 Å². The summed E-state index contributed by atoms with van der Waals surface area (Å²) in [4.78, 5) is 0. The first-order valence-electron chi connectivity index (χ1n) is 5.34. The van der Waals surface area contributed by atoms with Gasteiger partial charge in [0, 0.05) is 4.47 Å². The standard InChI is InChI=1S/C14H10BrCl2F/c1-8-6-9(3-5-13(8)18)14(17)10-2-4-11(15)12(16)7-10/h2-7,14H,1H3. The van der Waals surface area contributed by atoms with E-state index in [2.05, 4.69) is 15.9 Å². The molecule has 2 rings (SSSR count). The molecule has 0 aliphatic heterocycles. The normalized spacial score (nSPS) is 12.5. The fourth-order valence-electron chi connectivity index (χ4n) is 1.69. The quantitative estimate of drug-likeness (QED) is 0.595. The Morgan fingerprint density at radius 2 is 1.72 bits per heavy atom. The Kier molecular flexibility index (Phi) is 4.31. The van der Waals surface area contributed by atoms with Gasteiger partial charge in [-0.3, -0.25) is 0 Å². The van der Waals surface area contributed by atoms with Crippen LogP contribution in [0.3, 0.4) is 0 Å². The lowest BCUT2D eigenvalue weighted by atomic mass is 10.0. The summed E-state index contributed by atoms with van der Waals surface area (Å²) < 4.78 is 14.0. The summed E-state index contributed by atoms with van der Waals surface area (Å²) in [5, 5.41) is 0.270. The Bertz CT molecular complexity index is 533. The molecule has 2 aromatic rings. The first-order chi connectivity index (χ1) is 8.49. The van der Waals surface area contributed by atoms with Gasteiger partial charge in [-0.05, 0) is 57.7 Å². The van der Waals surface area contributed by atoms with Gasteiger partial charge >= 0.3 is 0 Å². The Hall–Kier alpha value is -0.570. The van der Waals surface area contributed by atoms with Crippen LogP contribution < -0.4 is 0 Å². The van der Waals surface area contributed by atoms with Crippen molar-refractivity contribution in [2.45, 2.75) is 12.3 Å². The Labute approximate surface area is 124 Å². The third-order valence-electron chi connectivity index (χ3n) is 2.71. The maximum atomic E-state index is 13.2. The minimum Gasteiger partial charge on any atom is -0.207 e. The van der Waals surface area contributed by atoms with Crippen LogP contribution >= 0.6 is 39.1 Å². The molecule has 0 radical (unpaired) electrons. The first kappa shape index (κ1) is 13.9. The van der Waals surface area contributed by atoms with Gasteiger partial charge in [0.25, 0.3) is 0 Å². The van der Waals surface area contributed by atoms with E-state index in [1.807, 2.05) is 18.2 Å². The van der Waals surface area contributed by atoms with Crippen molar-refractivity contribution in [2.75, 3.05) is 0 Å². The van der Waals surface area contributed by atoms with Crippen LogP contribution in [0.25, 0.3) is 0 Å². The number of hydrogen-bond acceptors (Lipinski definition) is 0. The second-order valence-corrected chi connectivity index (χ2v) is 5.74. The summed E-state index contributed by atoms with van der Waals surface area (Å²) in [7, 11) is 0. The van der Waals surface area contributed by atoms with E-state index in [4.69, 9.17) is 23.2 Å². The summed E-state index contributed by atoms with van der Waals surface area (Å²) in [6.45, 7) is 1.72. The zero-order chi connectivity index (χ0) is 13.3. The zero-order valence-electron chi connectivity index (χ0n) is 9.55. The minimum absolute atomic E-state index is 0.226. The van der Waals surface area contributed by atoms with Gasteiger partial charge in [-0.25, -0.2) is 4.39 Å². The molecular formula is C14H10BrCl2F. The van der Waals surface area contributed by atoms with E-state index >= 15 is 0 Å². The number of alkyl halides is 1. The lowest BCUT2D eigenvalue weighted by Crippen LogP contribution is -1.95. The molecule has 0 fully saturated rings. The number of hydrogen-bond donors (Lipinski definition) is 0. The van der Waals surface area contributed by atoms with E-state index in [0.717, 1.165) is 15.6 Å². The fourth-order valence-corrected chi connectivity index (χ4v) is 2.40.